The maximum absolute atomic E-state index is 12.6. The van der Waals surface area contributed by atoms with E-state index in [4.69, 9.17) is 9.47 Å². The zero-order valence-electron chi connectivity index (χ0n) is 11.4. The monoisotopic (exact) mass is 260 g/mol. The first-order valence-electron chi connectivity index (χ1n) is 7.13. The van der Waals surface area contributed by atoms with Gasteiger partial charge in [0.2, 0.25) is 0 Å². The Bertz CT molecular complexity index is 487. The topological polar surface area (TPSA) is 35.5 Å². The first-order valence-corrected chi connectivity index (χ1v) is 7.13. The number of rotatable bonds is 2. The van der Waals surface area contributed by atoms with Crippen LogP contribution in [0.3, 0.4) is 0 Å². The van der Waals surface area contributed by atoms with Crippen molar-refractivity contribution < 1.29 is 14.3 Å². The molecule has 0 amide bonds. The number of ketones is 1. The molecule has 1 aromatic carbocycles. The lowest BCUT2D eigenvalue weighted by Gasteiger charge is -2.22. The lowest BCUT2D eigenvalue weighted by atomic mass is 9.81. The molecule has 2 aliphatic rings. The number of fused-ring (bicyclic) bond motifs is 1. The van der Waals surface area contributed by atoms with Gasteiger partial charge >= 0.3 is 0 Å². The standard InChI is InChI=1S/C16H20O3/c1-16(7-2-3-8-16)15(17)12-5-6-13-14(11-12)19-10-4-9-18-13/h5-6,11H,2-4,7-10H2,1H3. The minimum absolute atomic E-state index is 0.181. The van der Waals surface area contributed by atoms with Crippen LogP contribution in [-0.2, 0) is 0 Å². The Morgan fingerprint density at radius 1 is 1.05 bits per heavy atom. The average molecular weight is 260 g/mol. The van der Waals surface area contributed by atoms with Crippen molar-refractivity contribution in [3.05, 3.63) is 23.8 Å². The van der Waals surface area contributed by atoms with Gasteiger partial charge in [0.15, 0.2) is 17.3 Å². The molecule has 1 fully saturated rings. The number of carbonyl (C=O) groups is 1. The smallest absolute Gasteiger partial charge is 0.168 e. The molecule has 1 aliphatic heterocycles. The highest BCUT2D eigenvalue weighted by molar-refractivity contribution is 6.01. The highest BCUT2D eigenvalue weighted by atomic mass is 16.5. The second-order valence-corrected chi connectivity index (χ2v) is 5.81. The third kappa shape index (κ3) is 2.34. The molecule has 1 aliphatic carbocycles. The van der Waals surface area contributed by atoms with Crippen LogP contribution in [-0.4, -0.2) is 19.0 Å². The number of Topliss-reactive ketones (excluding diaryl/α,β-unsaturated/α-hetero) is 1. The molecule has 0 aromatic heterocycles. The Morgan fingerprint density at radius 3 is 2.47 bits per heavy atom. The average Bonchev–Trinajstić information content (AvgIpc) is 2.74. The van der Waals surface area contributed by atoms with Gasteiger partial charge in [-0.25, -0.2) is 0 Å². The van der Waals surface area contributed by atoms with Crippen molar-refractivity contribution in [3.8, 4) is 11.5 Å². The van der Waals surface area contributed by atoms with Gasteiger partial charge in [0, 0.05) is 17.4 Å². The third-order valence-electron chi connectivity index (χ3n) is 4.26. The van der Waals surface area contributed by atoms with Crippen molar-refractivity contribution in [2.24, 2.45) is 5.41 Å². The molecule has 0 bridgehead atoms. The molecule has 3 nitrogen and oxygen atoms in total. The zero-order valence-corrected chi connectivity index (χ0v) is 11.4. The quantitative estimate of drug-likeness (QED) is 0.762. The second-order valence-electron chi connectivity index (χ2n) is 5.81. The molecule has 0 spiro atoms. The van der Waals surface area contributed by atoms with E-state index >= 15 is 0 Å². The summed E-state index contributed by atoms with van der Waals surface area (Å²) in [6.45, 7) is 3.42. The van der Waals surface area contributed by atoms with Crippen molar-refractivity contribution in [2.75, 3.05) is 13.2 Å². The fraction of sp³-hybridized carbons (Fsp3) is 0.562. The van der Waals surface area contributed by atoms with Crippen molar-refractivity contribution in [1.29, 1.82) is 0 Å². The highest BCUT2D eigenvalue weighted by Gasteiger charge is 2.36. The lowest BCUT2D eigenvalue weighted by Crippen LogP contribution is -2.24. The number of hydrogen-bond donors (Lipinski definition) is 0. The van der Waals surface area contributed by atoms with Crippen molar-refractivity contribution in [1.82, 2.24) is 0 Å². The lowest BCUT2D eigenvalue weighted by molar-refractivity contribution is 0.0823. The fourth-order valence-electron chi connectivity index (χ4n) is 3.04. The van der Waals surface area contributed by atoms with Crippen LogP contribution in [0.4, 0.5) is 0 Å². The van der Waals surface area contributed by atoms with Gasteiger partial charge in [-0.15, -0.1) is 0 Å². The second kappa shape index (κ2) is 4.87. The normalized spacial score (nSPS) is 20.9. The van der Waals surface area contributed by atoms with Crippen LogP contribution < -0.4 is 9.47 Å². The van der Waals surface area contributed by atoms with Crippen LogP contribution in [0, 0.1) is 5.41 Å². The molecule has 0 atom stereocenters. The molecule has 19 heavy (non-hydrogen) atoms. The summed E-state index contributed by atoms with van der Waals surface area (Å²) < 4.78 is 11.3. The van der Waals surface area contributed by atoms with Gasteiger partial charge < -0.3 is 9.47 Å². The molecule has 102 valence electrons. The molecule has 3 heteroatoms. The molecule has 0 saturated heterocycles. The van der Waals surface area contributed by atoms with Gasteiger partial charge in [-0.05, 0) is 31.0 Å². The molecule has 0 unspecified atom stereocenters. The summed E-state index contributed by atoms with van der Waals surface area (Å²) in [6.07, 6.45) is 5.20. The number of carbonyl (C=O) groups excluding carboxylic acids is 1. The van der Waals surface area contributed by atoms with Crippen LogP contribution in [0.2, 0.25) is 0 Å². The van der Waals surface area contributed by atoms with E-state index in [9.17, 15) is 4.79 Å². The van der Waals surface area contributed by atoms with Gasteiger partial charge in [0.1, 0.15) is 0 Å². The largest absolute Gasteiger partial charge is 0.490 e. The summed E-state index contributed by atoms with van der Waals surface area (Å²) >= 11 is 0. The number of benzene rings is 1. The predicted molar refractivity (Wildman–Crippen MR) is 73.0 cm³/mol. The molecule has 1 heterocycles. The SMILES string of the molecule is CC1(C(=O)c2ccc3c(c2)OCCCO3)CCCC1. The van der Waals surface area contributed by atoms with Crippen molar-refractivity contribution in [2.45, 2.75) is 39.0 Å². The highest BCUT2D eigenvalue weighted by Crippen LogP contribution is 2.41. The molecule has 0 radical (unpaired) electrons. The zero-order chi connectivity index (χ0) is 13.3. The van der Waals surface area contributed by atoms with Gasteiger partial charge in [0.25, 0.3) is 0 Å². The summed E-state index contributed by atoms with van der Waals surface area (Å²) in [5.41, 5.74) is 0.577. The summed E-state index contributed by atoms with van der Waals surface area (Å²) in [5.74, 6) is 1.72. The van der Waals surface area contributed by atoms with Gasteiger partial charge in [-0.3, -0.25) is 4.79 Å². The van der Waals surface area contributed by atoms with E-state index in [1.54, 1.807) is 0 Å². The molecule has 0 N–H and O–H groups in total. The van der Waals surface area contributed by atoms with Crippen LogP contribution in [0.15, 0.2) is 18.2 Å². The molecular weight excluding hydrogens is 240 g/mol. The van der Waals surface area contributed by atoms with E-state index < -0.39 is 0 Å². The number of ether oxygens (including phenoxy) is 2. The Hall–Kier alpha value is -1.51. The maximum Gasteiger partial charge on any atom is 0.168 e. The number of hydrogen-bond acceptors (Lipinski definition) is 3. The van der Waals surface area contributed by atoms with E-state index in [2.05, 4.69) is 6.92 Å². The first kappa shape index (κ1) is 12.5. The Balaban J connectivity index is 1.89. The van der Waals surface area contributed by atoms with Crippen LogP contribution in [0.5, 0.6) is 11.5 Å². The van der Waals surface area contributed by atoms with Crippen molar-refractivity contribution >= 4 is 5.78 Å². The van der Waals surface area contributed by atoms with Crippen LogP contribution in [0.1, 0.15) is 49.4 Å². The summed E-state index contributed by atoms with van der Waals surface area (Å²) in [5, 5.41) is 0. The van der Waals surface area contributed by atoms with Gasteiger partial charge in [0.05, 0.1) is 13.2 Å². The predicted octanol–water partition coefficient (Wildman–Crippen LogP) is 3.61. The van der Waals surface area contributed by atoms with Crippen molar-refractivity contribution in [3.63, 3.8) is 0 Å². The van der Waals surface area contributed by atoms with E-state index in [1.165, 1.54) is 0 Å². The van der Waals surface area contributed by atoms with Crippen LogP contribution in [0.25, 0.3) is 0 Å². The van der Waals surface area contributed by atoms with E-state index in [-0.39, 0.29) is 11.2 Å². The van der Waals surface area contributed by atoms with E-state index in [0.29, 0.717) is 19.0 Å². The van der Waals surface area contributed by atoms with E-state index in [0.717, 1.165) is 43.4 Å². The summed E-state index contributed by atoms with van der Waals surface area (Å²) in [7, 11) is 0. The Morgan fingerprint density at radius 2 is 1.74 bits per heavy atom. The third-order valence-corrected chi connectivity index (χ3v) is 4.26. The maximum atomic E-state index is 12.6. The summed E-state index contributed by atoms with van der Waals surface area (Å²) in [6, 6.07) is 5.60. The minimum Gasteiger partial charge on any atom is -0.490 e. The molecular formula is C16H20O3. The van der Waals surface area contributed by atoms with Gasteiger partial charge in [-0.2, -0.15) is 0 Å². The Labute approximate surface area is 113 Å². The minimum atomic E-state index is -0.181. The summed E-state index contributed by atoms with van der Waals surface area (Å²) in [4.78, 5) is 12.6. The molecule has 1 aromatic rings. The van der Waals surface area contributed by atoms with Crippen LogP contribution >= 0.6 is 0 Å². The Kier molecular flexibility index (Phi) is 3.21. The van der Waals surface area contributed by atoms with E-state index in [1.807, 2.05) is 18.2 Å². The van der Waals surface area contributed by atoms with Gasteiger partial charge in [-0.1, -0.05) is 19.8 Å². The fourth-order valence-corrected chi connectivity index (χ4v) is 3.04. The molecule has 1 saturated carbocycles. The first-order chi connectivity index (χ1) is 9.19. The molecule has 3 rings (SSSR count).